The highest BCUT2D eigenvalue weighted by Gasteiger charge is 2.35. The van der Waals surface area contributed by atoms with Crippen LogP contribution in [0.1, 0.15) is 33.0 Å². The lowest BCUT2D eigenvalue weighted by atomic mass is 10.1. The van der Waals surface area contributed by atoms with E-state index in [-0.39, 0.29) is 17.2 Å². The fourth-order valence-electron chi connectivity index (χ4n) is 3.66. The Morgan fingerprint density at radius 1 is 1.06 bits per heavy atom. The first-order valence-corrected chi connectivity index (χ1v) is 11.5. The number of hydrogen-bond acceptors (Lipinski definition) is 3. The van der Waals surface area contributed by atoms with Gasteiger partial charge in [-0.3, -0.25) is 14.5 Å². The second-order valence-corrected chi connectivity index (χ2v) is 9.11. The largest absolute Gasteiger partial charge is 0.324 e. The van der Waals surface area contributed by atoms with Gasteiger partial charge in [-0.15, -0.1) is 23.4 Å². The third-order valence-corrected chi connectivity index (χ3v) is 6.92. The van der Waals surface area contributed by atoms with Crippen molar-refractivity contribution in [1.82, 2.24) is 0 Å². The topological polar surface area (TPSA) is 49.4 Å². The fourth-order valence-corrected chi connectivity index (χ4v) is 5.02. The smallest absolute Gasteiger partial charge is 0.246 e. The summed E-state index contributed by atoms with van der Waals surface area (Å²) in [5.41, 5.74) is 5.46. The van der Waals surface area contributed by atoms with Gasteiger partial charge in [0.2, 0.25) is 11.8 Å². The number of thioether (sulfide) groups is 1. The molecule has 1 N–H and O–H groups in total. The number of anilines is 2. The number of carbonyl (C=O) groups is 2. The first-order chi connectivity index (χ1) is 14.9. The van der Waals surface area contributed by atoms with Crippen molar-refractivity contribution in [3.63, 3.8) is 0 Å². The average Bonchev–Trinajstić information content (AvgIpc) is 3.17. The third kappa shape index (κ3) is 4.63. The molecule has 3 aromatic carbocycles. The van der Waals surface area contributed by atoms with Gasteiger partial charge in [-0.05, 0) is 54.3 Å². The maximum absolute atomic E-state index is 12.7. The van der Waals surface area contributed by atoms with Crippen LogP contribution in [0.4, 0.5) is 11.4 Å². The molecule has 1 aliphatic heterocycles. The highest BCUT2D eigenvalue weighted by atomic mass is 35.5. The first-order valence-electron chi connectivity index (χ1n) is 10.0. The Hall–Kier alpha value is -2.76. The van der Waals surface area contributed by atoms with Crippen LogP contribution in [0.5, 0.6) is 0 Å². The zero-order valence-corrected chi connectivity index (χ0v) is 18.9. The van der Waals surface area contributed by atoms with E-state index < -0.39 is 5.38 Å². The molecule has 1 fully saturated rings. The normalized spacial score (nSPS) is 16.9. The Morgan fingerprint density at radius 3 is 2.61 bits per heavy atom. The SMILES string of the molecule is Cc1ccc(C)c(N2C(=O)CS[C@@H]2c2cccc(NC(=O)[C@H](Cl)c3ccccc3)c2)c1. The van der Waals surface area contributed by atoms with Gasteiger partial charge >= 0.3 is 0 Å². The summed E-state index contributed by atoms with van der Waals surface area (Å²) in [6.45, 7) is 4.04. The highest BCUT2D eigenvalue weighted by molar-refractivity contribution is 8.00. The van der Waals surface area contributed by atoms with Crippen molar-refractivity contribution in [3.05, 3.63) is 95.1 Å². The molecule has 1 aliphatic rings. The predicted molar refractivity (Wildman–Crippen MR) is 129 cm³/mol. The Labute approximate surface area is 191 Å². The summed E-state index contributed by atoms with van der Waals surface area (Å²) >= 11 is 7.95. The number of nitrogens with one attached hydrogen (secondary N) is 1. The lowest BCUT2D eigenvalue weighted by molar-refractivity contribution is -0.116. The summed E-state index contributed by atoms with van der Waals surface area (Å²) in [7, 11) is 0. The summed E-state index contributed by atoms with van der Waals surface area (Å²) in [4.78, 5) is 27.3. The van der Waals surface area contributed by atoms with Crippen LogP contribution in [0, 0.1) is 13.8 Å². The number of nitrogens with zero attached hydrogens (tertiary/aromatic N) is 1. The van der Waals surface area contributed by atoms with Gasteiger partial charge in [0.05, 0.1) is 5.75 Å². The molecule has 0 aromatic heterocycles. The summed E-state index contributed by atoms with van der Waals surface area (Å²) < 4.78 is 0. The second-order valence-electron chi connectivity index (χ2n) is 7.60. The minimum Gasteiger partial charge on any atom is -0.324 e. The second kappa shape index (κ2) is 9.16. The lowest BCUT2D eigenvalue weighted by Crippen LogP contribution is -2.28. The average molecular weight is 451 g/mol. The van der Waals surface area contributed by atoms with Crippen molar-refractivity contribution in [2.75, 3.05) is 16.0 Å². The van der Waals surface area contributed by atoms with E-state index in [1.165, 1.54) is 0 Å². The molecule has 6 heteroatoms. The number of benzene rings is 3. The lowest BCUT2D eigenvalue weighted by Gasteiger charge is -2.26. The van der Waals surface area contributed by atoms with Crippen LogP contribution in [-0.2, 0) is 9.59 Å². The van der Waals surface area contributed by atoms with Gasteiger partial charge < -0.3 is 5.32 Å². The Morgan fingerprint density at radius 2 is 1.84 bits per heavy atom. The fraction of sp³-hybridized carbons (Fsp3) is 0.200. The van der Waals surface area contributed by atoms with Crippen LogP contribution in [0.3, 0.4) is 0 Å². The Balaban J connectivity index is 1.58. The minimum atomic E-state index is -0.779. The summed E-state index contributed by atoms with van der Waals surface area (Å²) in [5.74, 6) is 0.224. The zero-order chi connectivity index (χ0) is 22.0. The number of carbonyl (C=O) groups excluding carboxylic acids is 2. The number of hydrogen-bond donors (Lipinski definition) is 1. The number of alkyl halides is 1. The van der Waals surface area contributed by atoms with Crippen molar-refractivity contribution in [2.45, 2.75) is 24.6 Å². The third-order valence-electron chi connectivity index (χ3n) is 5.25. The van der Waals surface area contributed by atoms with E-state index >= 15 is 0 Å². The number of rotatable bonds is 5. The van der Waals surface area contributed by atoms with Crippen molar-refractivity contribution < 1.29 is 9.59 Å². The molecule has 2 atom stereocenters. The van der Waals surface area contributed by atoms with E-state index in [1.54, 1.807) is 11.8 Å². The van der Waals surface area contributed by atoms with E-state index in [2.05, 4.69) is 11.4 Å². The van der Waals surface area contributed by atoms with E-state index in [1.807, 2.05) is 85.5 Å². The van der Waals surface area contributed by atoms with Gasteiger partial charge in [-0.2, -0.15) is 0 Å². The minimum absolute atomic E-state index is 0.0861. The van der Waals surface area contributed by atoms with Gasteiger partial charge in [-0.25, -0.2) is 0 Å². The molecule has 0 saturated carbocycles. The number of amides is 2. The van der Waals surface area contributed by atoms with Gasteiger partial charge in [-0.1, -0.05) is 54.6 Å². The quantitative estimate of drug-likeness (QED) is 0.485. The van der Waals surface area contributed by atoms with Crippen molar-refractivity contribution in [2.24, 2.45) is 0 Å². The molecule has 0 aliphatic carbocycles. The zero-order valence-electron chi connectivity index (χ0n) is 17.3. The molecule has 2 amide bonds. The monoisotopic (exact) mass is 450 g/mol. The maximum Gasteiger partial charge on any atom is 0.246 e. The van der Waals surface area contributed by atoms with E-state index in [9.17, 15) is 9.59 Å². The van der Waals surface area contributed by atoms with E-state index in [4.69, 9.17) is 11.6 Å². The molecule has 0 bridgehead atoms. The van der Waals surface area contributed by atoms with Crippen molar-refractivity contribution >= 4 is 46.6 Å². The molecule has 0 radical (unpaired) electrons. The molecule has 1 saturated heterocycles. The van der Waals surface area contributed by atoms with Crippen LogP contribution < -0.4 is 10.2 Å². The summed E-state index contributed by atoms with van der Waals surface area (Å²) in [6, 6.07) is 23.0. The molecule has 1 heterocycles. The van der Waals surface area contributed by atoms with Crippen molar-refractivity contribution in [1.29, 1.82) is 0 Å². The Kier molecular flexibility index (Phi) is 6.35. The molecule has 4 nitrogen and oxygen atoms in total. The van der Waals surface area contributed by atoms with Crippen LogP contribution in [0.2, 0.25) is 0 Å². The molecule has 31 heavy (non-hydrogen) atoms. The number of halogens is 1. The maximum atomic E-state index is 12.7. The van der Waals surface area contributed by atoms with Crippen LogP contribution in [-0.4, -0.2) is 17.6 Å². The summed E-state index contributed by atoms with van der Waals surface area (Å²) in [5, 5.41) is 1.98. The number of aryl methyl sites for hydroxylation is 2. The van der Waals surface area contributed by atoms with Crippen LogP contribution in [0.25, 0.3) is 0 Å². The van der Waals surface area contributed by atoms with Crippen LogP contribution in [0.15, 0.2) is 72.8 Å². The van der Waals surface area contributed by atoms with Gasteiger partial charge in [0.1, 0.15) is 10.8 Å². The highest BCUT2D eigenvalue weighted by Crippen LogP contribution is 2.43. The van der Waals surface area contributed by atoms with E-state index in [0.717, 1.165) is 27.9 Å². The van der Waals surface area contributed by atoms with Crippen LogP contribution >= 0.6 is 23.4 Å². The first kappa shape index (κ1) is 21.5. The molecule has 158 valence electrons. The molecular weight excluding hydrogens is 428 g/mol. The molecule has 4 rings (SSSR count). The van der Waals surface area contributed by atoms with Gasteiger partial charge in [0, 0.05) is 11.4 Å². The van der Waals surface area contributed by atoms with Crippen molar-refractivity contribution in [3.8, 4) is 0 Å². The van der Waals surface area contributed by atoms with Gasteiger partial charge in [0.15, 0.2) is 0 Å². The molecule has 0 spiro atoms. The molecule has 0 unspecified atom stereocenters. The summed E-state index contributed by atoms with van der Waals surface area (Å²) in [6.07, 6.45) is 0. The molecular formula is C25H23ClN2O2S. The Bertz CT molecular complexity index is 1120. The standard InChI is InChI=1S/C25H23ClN2O2S/c1-16-11-12-17(2)21(13-16)28-22(29)15-31-25(28)19-9-6-10-20(14-19)27-24(30)23(26)18-7-4-3-5-8-18/h3-14,23,25H,15H2,1-2H3,(H,27,30)/t23-,25-/m1/s1. The van der Waals surface area contributed by atoms with E-state index in [0.29, 0.717) is 11.4 Å². The van der Waals surface area contributed by atoms with Gasteiger partial charge in [0.25, 0.3) is 0 Å². The predicted octanol–water partition coefficient (Wildman–Crippen LogP) is 6.00. The molecule has 3 aromatic rings.